The molecule has 5 nitrogen and oxygen atoms in total. The van der Waals surface area contributed by atoms with Gasteiger partial charge < -0.3 is 16.0 Å². The summed E-state index contributed by atoms with van der Waals surface area (Å²) in [5.41, 5.74) is 5.76. The van der Waals surface area contributed by atoms with Crippen molar-refractivity contribution in [1.29, 1.82) is 0 Å². The fourth-order valence-corrected chi connectivity index (χ4v) is 2.22. The Kier molecular flexibility index (Phi) is 5.64. The first kappa shape index (κ1) is 14.5. The van der Waals surface area contributed by atoms with E-state index in [0.717, 1.165) is 18.1 Å². The predicted octanol–water partition coefficient (Wildman–Crippen LogP) is 1.88. The summed E-state index contributed by atoms with van der Waals surface area (Å²) in [5.74, 6) is 0.157. The number of carbonyl (C=O) groups excluding carboxylic acids is 1. The normalized spacial score (nSPS) is 10.8. The summed E-state index contributed by atoms with van der Waals surface area (Å²) in [4.78, 5) is 18.5. The van der Waals surface area contributed by atoms with Gasteiger partial charge in [0.1, 0.15) is 10.7 Å². The van der Waals surface area contributed by atoms with Gasteiger partial charge in [-0.2, -0.15) is 0 Å². The van der Waals surface area contributed by atoms with Gasteiger partial charge in [0.2, 0.25) is 0 Å². The molecule has 0 atom stereocenters. The molecule has 3 N–H and O–H groups in total. The van der Waals surface area contributed by atoms with E-state index in [9.17, 15) is 4.79 Å². The number of nitrogen functional groups attached to an aromatic ring is 1. The van der Waals surface area contributed by atoms with Gasteiger partial charge in [0.25, 0.3) is 5.91 Å². The summed E-state index contributed by atoms with van der Waals surface area (Å²) in [7, 11) is 1.92. The number of aromatic nitrogens is 1. The number of nitrogens with one attached hydrogen (secondary N) is 1. The number of hydrogen-bond donors (Lipinski definition) is 2. The standard InChI is InChI=1S/C12H20N4OS/c1-4-6-7-8-14-11(17)9-10(13)15-12(18-9)16(3)5-2/h4,6H,5,7-8,13H2,1-3H3,(H,14,17)/b6-4+. The maximum atomic E-state index is 11.9. The number of anilines is 2. The van der Waals surface area contributed by atoms with E-state index in [-0.39, 0.29) is 5.91 Å². The van der Waals surface area contributed by atoms with Crippen molar-refractivity contribution in [2.45, 2.75) is 20.3 Å². The first-order valence-electron chi connectivity index (χ1n) is 5.96. The second-order valence-electron chi connectivity index (χ2n) is 3.84. The van der Waals surface area contributed by atoms with Gasteiger partial charge in [0.05, 0.1) is 0 Å². The maximum Gasteiger partial charge on any atom is 0.265 e. The highest BCUT2D eigenvalue weighted by atomic mass is 32.1. The Balaban J connectivity index is 2.65. The number of carbonyl (C=O) groups is 1. The van der Waals surface area contributed by atoms with Crippen LogP contribution in [-0.2, 0) is 0 Å². The Labute approximate surface area is 112 Å². The molecule has 6 heteroatoms. The van der Waals surface area contributed by atoms with Gasteiger partial charge in [-0.25, -0.2) is 4.98 Å². The van der Waals surface area contributed by atoms with Crippen LogP contribution >= 0.6 is 11.3 Å². The molecule has 100 valence electrons. The third kappa shape index (κ3) is 3.73. The van der Waals surface area contributed by atoms with Crippen molar-refractivity contribution < 1.29 is 4.79 Å². The molecule has 1 amide bonds. The summed E-state index contributed by atoms with van der Waals surface area (Å²) >= 11 is 1.32. The third-order valence-electron chi connectivity index (χ3n) is 2.48. The van der Waals surface area contributed by atoms with Crippen LogP contribution in [0.1, 0.15) is 29.9 Å². The van der Waals surface area contributed by atoms with Gasteiger partial charge in [-0.05, 0) is 20.3 Å². The van der Waals surface area contributed by atoms with Crippen LogP contribution in [0, 0.1) is 0 Å². The highest BCUT2D eigenvalue weighted by Gasteiger charge is 2.16. The number of amides is 1. The van der Waals surface area contributed by atoms with Crippen LogP contribution in [0.4, 0.5) is 10.9 Å². The zero-order valence-corrected chi connectivity index (χ0v) is 11.9. The summed E-state index contributed by atoms with van der Waals surface area (Å²) < 4.78 is 0. The van der Waals surface area contributed by atoms with E-state index in [4.69, 9.17) is 5.73 Å². The summed E-state index contributed by atoms with van der Waals surface area (Å²) in [6.07, 6.45) is 4.79. The SMILES string of the molecule is C/C=C/CCNC(=O)c1sc(N(C)CC)nc1N. The molecule has 0 fully saturated rings. The largest absolute Gasteiger partial charge is 0.382 e. The number of allylic oxidation sites excluding steroid dienone is 1. The Morgan fingerprint density at radius 1 is 1.61 bits per heavy atom. The summed E-state index contributed by atoms with van der Waals surface area (Å²) in [6.45, 7) is 5.42. The molecule has 0 aliphatic carbocycles. The minimum Gasteiger partial charge on any atom is -0.382 e. The van der Waals surface area contributed by atoms with E-state index in [1.54, 1.807) is 0 Å². The molecule has 1 heterocycles. The van der Waals surface area contributed by atoms with Crippen molar-refractivity contribution >= 4 is 28.2 Å². The molecule has 0 saturated heterocycles. The first-order chi connectivity index (χ1) is 8.60. The molecular weight excluding hydrogens is 248 g/mol. The minimum atomic E-state index is -0.148. The third-order valence-corrected chi connectivity index (χ3v) is 3.67. The number of rotatable bonds is 6. The molecule has 1 aromatic heterocycles. The van der Waals surface area contributed by atoms with E-state index in [0.29, 0.717) is 17.2 Å². The molecule has 1 rings (SSSR count). The Morgan fingerprint density at radius 3 is 2.94 bits per heavy atom. The van der Waals surface area contributed by atoms with Crippen molar-refractivity contribution in [1.82, 2.24) is 10.3 Å². The molecule has 18 heavy (non-hydrogen) atoms. The summed E-state index contributed by atoms with van der Waals surface area (Å²) in [6, 6.07) is 0. The Morgan fingerprint density at radius 2 is 2.33 bits per heavy atom. The molecule has 0 bridgehead atoms. The highest BCUT2D eigenvalue weighted by molar-refractivity contribution is 7.18. The second kappa shape index (κ2) is 7.00. The molecule has 0 aliphatic heterocycles. The van der Waals surface area contributed by atoms with E-state index >= 15 is 0 Å². The zero-order chi connectivity index (χ0) is 13.5. The van der Waals surface area contributed by atoms with Gasteiger partial charge >= 0.3 is 0 Å². The van der Waals surface area contributed by atoms with Crippen LogP contribution in [-0.4, -0.2) is 31.0 Å². The fourth-order valence-electron chi connectivity index (χ4n) is 1.30. The average Bonchev–Trinajstić information content (AvgIpc) is 2.75. The van der Waals surface area contributed by atoms with Crippen molar-refractivity contribution in [2.75, 3.05) is 30.8 Å². The minimum absolute atomic E-state index is 0.148. The quantitative estimate of drug-likeness (QED) is 0.610. The Hall–Kier alpha value is -1.56. The molecule has 0 unspecified atom stereocenters. The van der Waals surface area contributed by atoms with Gasteiger partial charge in [0, 0.05) is 20.1 Å². The average molecular weight is 268 g/mol. The van der Waals surface area contributed by atoms with Crippen LogP contribution in [0.2, 0.25) is 0 Å². The zero-order valence-electron chi connectivity index (χ0n) is 11.1. The number of nitrogens with two attached hydrogens (primary N) is 1. The number of hydrogen-bond acceptors (Lipinski definition) is 5. The van der Waals surface area contributed by atoms with Crippen LogP contribution in [0.15, 0.2) is 12.2 Å². The van der Waals surface area contributed by atoms with Crippen LogP contribution in [0.25, 0.3) is 0 Å². The summed E-state index contributed by atoms with van der Waals surface area (Å²) in [5, 5.41) is 3.60. The lowest BCUT2D eigenvalue weighted by Crippen LogP contribution is -2.24. The van der Waals surface area contributed by atoms with Crippen LogP contribution in [0.5, 0.6) is 0 Å². The van der Waals surface area contributed by atoms with Crippen LogP contribution in [0.3, 0.4) is 0 Å². The topological polar surface area (TPSA) is 71.2 Å². The van der Waals surface area contributed by atoms with E-state index in [1.165, 1.54) is 11.3 Å². The van der Waals surface area contributed by atoms with E-state index in [1.807, 2.05) is 37.9 Å². The Bertz CT molecular complexity index is 428. The van der Waals surface area contributed by atoms with E-state index < -0.39 is 0 Å². The number of thiazole rings is 1. The fraction of sp³-hybridized carbons (Fsp3) is 0.500. The van der Waals surface area contributed by atoms with Gasteiger partial charge in [-0.15, -0.1) is 0 Å². The van der Waals surface area contributed by atoms with Gasteiger partial charge in [-0.1, -0.05) is 23.5 Å². The lowest BCUT2D eigenvalue weighted by atomic mass is 10.3. The smallest absolute Gasteiger partial charge is 0.265 e. The molecule has 0 saturated carbocycles. The first-order valence-corrected chi connectivity index (χ1v) is 6.78. The van der Waals surface area contributed by atoms with Crippen molar-refractivity contribution in [2.24, 2.45) is 0 Å². The molecular formula is C12H20N4OS. The molecule has 0 aromatic carbocycles. The van der Waals surface area contributed by atoms with Gasteiger partial charge in [-0.3, -0.25) is 4.79 Å². The number of nitrogens with zero attached hydrogens (tertiary/aromatic N) is 2. The maximum absolute atomic E-state index is 11.9. The van der Waals surface area contributed by atoms with E-state index in [2.05, 4.69) is 10.3 Å². The lowest BCUT2D eigenvalue weighted by Gasteiger charge is -2.10. The molecule has 0 aliphatic rings. The second-order valence-corrected chi connectivity index (χ2v) is 4.82. The van der Waals surface area contributed by atoms with Crippen molar-refractivity contribution in [3.8, 4) is 0 Å². The predicted molar refractivity (Wildman–Crippen MR) is 77.2 cm³/mol. The molecule has 1 aromatic rings. The van der Waals surface area contributed by atoms with Gasteiger partial charge in [0.15, 0.2) is 5.13 Å². The molecule has 0 radical (unpaired) electrons. The van der Waals surface area contributed by atoms with Crippen molar-refractivity contribution in [3.05, 3.63) is 17.0 Å². The lowest BCUT2D eigenvalue weighted by molar-refractivity contribution is 0.0959. The molecule has 0 spiro atoms. The van der Waals surface area contributed by atoms with Crippen molar-refractivity contribution in [3.63, 3.8) is 0 Å². The van der Waals surface area contributed by atoms with Crippen LogP contribution < -0.4 is 16.0 Å². The monoisotopic (exact) mass is 268 g/mol. The highest BCUT2D eigenvalue weighted by Crippen LogP contribution is 2.27.